The van der Waals surface area contributed by atoms with Crippen LogP contribution < -0.4 is 10.2 Å². The molecule has 0 aromatic carbocycles. The Morgan fingerprint density at radius 1 is 1.32 bits per heavy atom. The maximum absolute atomic E-state index is 12.4. The number of hydrogen-bond donors (Lipinski definition) is 1. The van der Waals surface area contributed by atoms with Gasteiger partial charge in [-0.2, -0.15) is 0 Å². The lowest BCUT2D eigenvalue weighted by molar-refractivity contribution is 0.0942. The van der Waals surface area contributed by atoms with Crippen LogP contribution in [-0.4, -0.2) is 35.0 Å². The number of hydrogen-bond acceptors (Lipinski definition) is 6. The first-order valence-electron chi connectivity index (χ1n) is 8.78. The molecule has 0 radical (unpaired) electrons. The summed E-state index contributed by atoms with van der Waals surface area (Å²) >= 11 is 3.25. The molecule has 0 fully saturated rings. The van der Waals surface area contributed by atoms with Gasteiger partial charge < -0.3 is 10.2 Å². The second-order valence-electron chi connectivity index (χ2n) is 6.84. The smallest absolute Gasteiger partial charge is 0.280 e. The van der Waals surface area contributed by atoms with Crippen LogP contribution in [0.4, 0.5) is 5.13 Å². The highest BCUT2D eigenvalue weighted by Crippen LogP contribution is 2.39. The molecule has 2 aromatic heterocycles. The van der Waals surface area contributed by atoms with Crippen LogP contribution in [0, 0.1) is 0 Å². The van der Waals surface area contributed by atoms with E-state index in [0.29, 0.717) is 5.01 Å². The van der Waals surface area contributed by atoms with Crippen LogP contribution in [0.5, 0.6) is 0 Å². The number of anilines is 1. The molecular weight excluding hydrogens is 352 g/mol. The molecule has 1 N–H and O–H groups in total. The predicted octanol–water partition coefficient (Wildman–Crippen LogP) is 3.74. The monoisotopic (exact) mass is 374 g/mol. The van der Waals surface area contributed by atoms with Gasteiger partial charge in [0, 0.05) is 30.7 Å². The molecule has 1 amide bonds. The van der Waals surface area contributed by atoms with Gasteiger partial charge in [-0.3, -0.25) is 4.79 Å². The van der Waals surface area contributed by atoms with Crippen molar-refractivity contribution in [2.45, 2.75) is 45.6 Å². The molecule has 7 heteroatoms. The molecule has 4 rings (SSSR count). The number of nitrogens with one attached hydrogen (secondary N) is 1. The number of nitrogens with zero attached hydrogens (tertiary/aromatic N) is 3. The molecule has 3 heterocycles. The second-order valence-corrected chi connectivity index (χ2v) is 8.72. The van der Waals surface area contributed by atoms with Gasteiger partial charge in [-0.1, -0.05) is 5.57 Å². The highest BCUT2D eigenvalue weighted by Gasteiger charge is 2.28. The Labute approximate surface area is 155 Å². The average Bonchev–Trinajstić information content (AvgIpc) is 3.22. The summed E-state index contributed by atoms with van der Waals surface area (Å²) in [6.07, 6.45) is 6.18. The van der Waals surface area contributed by atoms with Crippen molar-refractivity contribution < 1.29 is 4.79 Å². The molecule has 2 aliphatic rings. The number of carbonyl (C=O) groups excluding carboxylic acids is 1. The van der Waals surface area contributed by atoms with Gasteiger partial charge in [0.25, 0.3) is 5.91 Å². The molecule has 2 aromatic rings. The Bertz CT molecular complexity index is 807. The molecule has 0 saturated carbocycles. The van der Waals surface area contributed by atoms with Crippen LogP contribution >= 0.6 is 22.7 Å². The van der Waals surface area contributed by atoms with E-state index in [1.165, 1.54) is 10.5 Å². The summed E-state index contributed by atoms with van der Waals surface area (Å²) in [6.45, 7) is 5.86. The minimum atomic E-state index is -0.0530. The Morgan fingerprint density at radius 2 is 2.20 bits per heavy atom. The van der Waals surface area contributed by atoms with E-state index in [-0.39, 0.29) is 11.9 Å². The highest BCUT2D eigenvalue weighted by molar-refractivity contribution is 7.15. The van der Waals surface area contributed by atoms with Crippen LogP contribution in [0.3, 0.4) is 0 Å². The van der Waals surface area contributed by atoms with Crippen molar-refractivity contribution in [3.05, 3.63) is 32.7 Å². The summed E-state index contributed by atoms with van der Waals surface area (Å²) in [5, 5.41) is 6.67. The summed E-state index contributed by atoms with van der Waals surface area (Å²) < 4.78 is 0. The van der Waals surface area contributed by atoms with Gasteiger partial charge in [-0.25, -0.2) is 9.97 Å². The largest absolute Gasteiger partial charge is 0.348 e. The molecule has 25 heavy (non-hydrogen) atoms. The van der Waals surface area contributed by atoms with E-state index in [9.17, 15) is 4.79 Å². The Balaban J connectivity index is 1.66. The third-order valence-corrected chi connectivity index (χ3v) is 6.62. The highest BCUT2D eigenvalue weighted by atomic mass is 32.1. The van der Waals surface area contributed by atoms with Crippen molar-refractivity contribution in [2.75, 3.05) is 18.0 Å². The summed E-state index contributed by atoms with van der Waals surface area (Å²) in [4.78, 5) is 25.1. The topological polar surface area (TPSA) is 58.1 Å². The lowest BCUT2D eigenvalue weighted by atomic mass is 9.97. The maximum atomic E-state index is 12.4. The minimum absolute atomic E-state index is 0.0530. The zero-order valence-electron chi connectivity index (χ0n) is 14.5. The SMILES string of the molecule is CC(C)NC(=O)c1nc2c(s1)C1=C(CCC2)CCN(c2nccs2)C1. The van der Waals surface area contributed by atoms with Crippen molar-refractivity contribution in [3.63, 3.8) is 0 Å². The third kappa shape index (κ3) is 3.35. The Kier molecular flexibility index (Phi) is 4.60. The number of carbonyl (C=O) groups is 1. The van der Waals surface area contributed by atoms with Crippen LogP contribution in [-0.2, 0) is 6.42 Å². The second kappa shape index (κ2) is 6.88. The third-order valence-electron chi connectivity index (χ3n) is 4.63. The fourth-order valence-electron chi connectivity index (χ4n) is 3.49. The van der Waals surface area contributed by atoms with Gasteiger partial charge in [0.15, 0.2) is 10.1 Å². The van der Waals surface area contributed by atoms with Crippen molar-refractivity contribution in [2.24, 2.45) is 0 Å². The molecular formula is C18H22N4OS2. The molecule has 0 spiro atoms. The minimum Gasteiger partial charge on any atom is -0.348 e. The van der Waals surface area contributed by atoms with Gasteiger partial charge in [-0.05, 0) is 45.1 Å². The Hall–Kier alpha value is -1.73. The molecule has 5 nitrogen and oxygen atoms in total. The van der Waals surface area contributed by atoms with Gasteiger partial charge in [0.1, 0.15) is 0 Å². The molecule has 1 aliphatic carbocycles. The lowest BCUT2D eigenvalue weighted by Crippen LogP contribution is -2.31. The average molecular weight is 375 g/mol. The Morgan fingerprint density at radius 3 is 2.96 bits per heavy atom. The molecule has 0 bridgehead atoms. The van der Waals surface area contributed by atoms with E-state index < -0.39 is 0 Å². The number of aryl methyl sites for hydroxylation is 1. The first-order chi connectivity index (χ1) is 12.1. The van der Waals surface area contributed by atoms with Crippen LogP contribution in [0.25, 0.3) is 5.57 Å². The van der Waals surface area contributed by atoms with E-state index in [1.807, 2.05) is 25.4 Å². The maximum Gasteiger partial charge on any atom is 0.280 e. The fourth-order valence-corrected chi connectivity index (χ4v) is 5.26. The standard InChI is InChI=1S/C18H22N4OS2/c1-11(2)20-16(23)17-21-14-5-3-4-12-6-8-22(18-19-7-9-24-18)10-13(12)15(14)25-17/h7,9,11H,3-6,8,10H2,1-2H3,(H,20,23). The van der Waals surface area contributed by atoms with Crippen LogP contribution in [0.1, 0.15) is 53.5 Å². The molecule has 0 unspecified atom stereocenters. The van der Waals surface area contributed by atoms with Crippen molar-refractivity contribution in [1.82, 2.24) is 15.3 Å². The predicted molar refractivity (Wildman–Crippen MR) is 104 cm³/mol. The number of fused-ring (bicyclic) bond motifs is 2. The molecule has 132 valence electrons. The summed E-state index contributed by atoms with van der Waals surface area (Å²) in [7, 11) is 0. The van der Waals surface area contributed by atoms with Crippen LogP contribution in [0.15, 0.2) is 17.2 Å². The van der Waals surface area contributed by atoms with E-state index in [4.69, 9.17) is 0 Å². The van der Waals surface area contributed by atoms with Crippen molar-refractivity contribution in [3.8, 4) is 0 Å². The molecule has 0 saturated heterocycles. The number of thiazole rings is 2. The van der Waals surface area contributed by atoms with Gasteiger partial charge >= 0.3 is 0 Å². The van der Waals surface area contributed by atoms with E-state index >= 15 is 0 Å². The number of aromatic nitrogens is 2. The van der Waals surface area contributed by atoms with Gasteiger partial charge in [-0.15, -0.1) is 22.7 Å². The fraction of sp³-hybridized carbons (Fsp3) is 0.500. The van der Waals surface area contributed by atoms with Crippen molar-refractivity contribution >= 4 is 39.3 Å². The molecule has 1 aliphatic heterocycles. The zero-order chi connectivity index (χ0) is 17.4. The lowest BCUT2D eigenvalue weighted by Gasteiger charge is -2.30. The normalized spacial score (nSPS) is 17.3. The van der Waals surface area contributed by atoms with Gasteiger partial charge in [0.05, 0.1) is 10.6 Å². The van der Waals surface area contributed by atoms with E-state index in [0.717, 1.165) is 49.6 Å². The van der Waals surface area contributed by atoms with E-state index in [1.54, 1.807) is 28.2 Å². The van der Waals surface area contributed by atoms with E-state index in [2.05, 4.69) is 20.2 Å². The number of amides is 1. The quantitative estimate of drug-likeness (QED) is 0.889. The molecule has 0 atom stereocenters. The van der Waals surface area contributed by atoms with Crippen LogP contribution in [0.2, 0.25) is 0 Å². The summed E-state index contributed by atoms with van der Waals surface area (Å²) in [5.41, 5.74) is 4.03. The first-order valence-corrected chi connectivity index (χ1v) is 10.5. The summed E-state index contributed by atoms with van der Waals surface area (Å²) in [6, 6.07) is 0.126. The number of rotatable bonds is 3. The first kappa shape index (κ1) is 16.7. The van der Waals surface area contributed by atoms with Gasteiger partial charge in [0.2, 0.25) is 0 Å². The summed E-state index contributed by atoms with van der Waals surface area (Å²) in [5.74, 6) is -0.0530. The zero-order valence-corrected chi connectivity index (χ0v) is 16.2. The van der Waals surface area contributed by atoms with Crippen molar-refractivity contribution in [1.29, 1.82) is 0 Å².